The second-order valence-corrected chi connectivity index (χ2v) is 9.88. The highest BCUT2D eigenvalue weighted by molar-refractivity contribution is 9.11. The van der Waals surface area contributed by atoms with Crippen LogP contribution in [0.15, 0.2) is 51.7 Å². The number of anilines is 2. The molecule has 1 aromatic heterocycles. The van der Waals surface area contributed by atoms with E-state index in [1.54, 1.807) is 6.07 Å². The number of benzene rings is 2. The summed E-state index contributed by atoms with van der Waals surface area (Å²) in [4.78, 5) is 33.1. The first-order valence-corrected chi connectivity index (χ1v) is 12.6. The van der Waals surface area contributed by atoms with Crippen LogP contribution in [0, 0.1) is 23.2 Å². The van der Waals surface area contributed by atoms with Gasteiger partial charge in [-0.1, -0.05) is 6.07 Å². The van der Waals surface area contributed by atoms with Gasteiger partial charge in [-0.3, -0.25) is 9.59 Å². The van der Waals surface area contributed by atoms with Gasteiger partial charge in [0.25, 0.3) is 11.8 Å². The maximum atomic E-state index is 15.6. The quantitative estimate of drug-likeness (QED) is 0.202. The Morgan fingerprint density at radius 2 is 1.50 bits per heavy atom. The fourth-order valence-electron chi connectivity index (χ4n) is 3.54. The summed E-state index contributed by atoms with van der Waals surface area (Å²) in [5, 5.41) is 11.1. The third kappa shape index (κ3) is 6.36. The van der Waals surface area contributed by atoms with E-state index in [2.05, 4.69) is 47.1 Å². The Bertz CT molecular complexity index is 1520. The molecule has 0 fully saturated rings. The van der Waals surface area contributed by atoms with E-state index in [-0.39, 0.29) is 24.1 Å². The molecule has 222 valence electrons. The maximum absolute atomic E-state index is 15.6. The molecule has 0 saturated carbocycles. The fraction of sp³-hybridized carbons (Fsp3) is 0.208. The van der Waals surface area contributed by atoms with Crippen molar-refractivity contribution >= 4 is 55.0 Å². The lowest BCUT2D eigenvalue weighted by atomic mass is 9.94. The summed E-state index contributed by atoms with van der Waals surface area (Å²) < 4.78 is 121. The Labute approximate surface area is 246 Å². The summed E-state index contributed by atoms with van der Waals surface area (Å²) in [7, 11) is 0. The summed E-state index contributed by atoms with van der Waals surface area (Å²) in [5.74, 6) is -3.56. The third-order valence-electron chi connectivity index (χ3n) is 5.53. The number of alkyl halides is 7. The van der Waals surface area contributed by atoms with Crippen molar-refractivity contribution in [2.24, 2.45) is 0 Å². The molecule has 0 atom stereocenters. The fourth-order valence-corrected chi connectivity index (χ4v) is 4.92. The van der Waals surface area contributed by atoms with Gasteiger partial charge in [0.1, 0.15) is 0 Å². The second-order valence-electron chi connectivity index (χ2n) is 8.17. The van der Waals surface area contributed by atoms with E-state index in [1.807, 2.05) is 0 Å². The van der Waals surface area contributed by atoms with Gasteiger partial charge in [0.15, 0.2) is 5.82 Å². The number of nitrogens with zero attached hydrogens (tertiary/aromatic N) is 4. The molecule has 0 aliphatic carbocycles. The van der Waals surface area contributed by atoms with Crippen LogP contribution in [0.3, 0.4) is 0 Å². The number of rotatable bonds is 7. The number of amides is 2. The predicted octanol–water partition coefficient (Wildman–Crippen LogP) is 7.38. The van der Waals surface area contributed by atoms with Crippen LogP contribution in [-0.4, -0.2) is 40.7 Å². The monoisotopic (exact) mass is 731 g/mol. The molecule has 2 amide bonds. The van der Waals surface area contributed by atoms with E-state index in [0.717, 1.165) is 35.5 Å². The van der Waals surface area contributed by atoms with Gasteiger partial charge in [0, 0.05) is 33.4 Å². The highest BCUT2D eigenvalue weighted by Crippen LogP contribution is 2.54. The van der Waals surface area contributed by atoms with Crippen LogP contribution in [0.4, 0.5) is 50.9 Å². The zero-order valence-electron chi connectivity index (χ0n) is 20.2. The van der Waals surface area contributed by atoms with Gasteiger partial charge in [0.05, 0.1) is 35.0 Å². The van der Waals surface area contributed by atoms with Gasteiger partial charge in [-0.05, 0) is 56.1 Å². The first-order chi connectivity index (χ1) is 19.4. The standard InChI is InChI=1S/C24H12Br2F9N5O2/c25-14-7-12(22(29,23(30,31)32)24(33,34)35)8-15(26)18(14)39-19(41)13-3-1-4-16(17(13)27)40(6-2-5-36)20(42)11-9-37-21(28)38-10-11/h1,3-4,7-10H,2,6H2,(H,39,41). The molecule has 42 heavy (non-hydrogen) atoms. The van der Waals surface area contributed by atoms with Gasteiger partial charge in [-0.25, -0.2) is 18.7 Å². The lowest BCUT2D eigenvalue weighted by Gasteiger charge is -2.31. The van der Waals surface area contributed by atoms with Gasteiger partial charge < -0.3 is 10.2 Å². The zero-order valence-corrected chi connectivity index (χ0v) is 23.4. The van der Waals surface area contributed by atoms with Crippen LogP contribution in [-0.2, 0) is 5.67 Å². The maximum Gasteiger partial charge on any atom is 0.435 e. The van der Waals surface area contributed by atoms with Crippen molar-refractivity contribution in [2.45, 2.75) is 24.4 Å². The molecule has 0 spiro atoms. The molecular formula is C24H12Br2F9N5O2. The third-order valence-corrected chi connectivity index (χ3v) is 6.78. The zero-order chi connectivity index (χ0) is 31.6. The van der Waals surface area contributed by atoms with Crippen molar-refractivity contribution in [1.29, 1.82) is 5.26 Å². The molecule has 0 unspecified atom stereocenters. The average molecular weight is 733 g/mol. The number of hydrogen-bond donors (Lipinski definition) is 1. The average Bonchev–Trinajstić information content (AvgIpc) is 2.90. The summed E-state index contributed by atoms with van der Waals surface area (Å²) >= 11 is 5.40. The number of halogens is 11. The van der Waals surface area contributed by atoms with E-state index in [4.69, 9.17) is 5.26 Å². The van der Waals surface area contributed by atoms with Crippen molar-refractivity contribution in [3.63, 3.8) is 0 Å². The van der Waals surface area contributed by atoms with E-state index in [1.165, 1.54) is 0 Å². The minimum Gasteiger partial charge on any atom is -0.320 e. The number of nitrogens with one attached hydrogen (secondary N) is 1. The van der Waals surface area contributed by atoms with Crippen LogP contribution in [0.5, 0.6) is 0 Å². The first kappa shape index (κ1) is 32.8. The summed E-state index contributed by atoms with van der Waals surface area (Å²) in [6, 6.07) is 5.21. The van der Waals surface area contributed by atoms with Crippen molar-refractivity contribution < 1.29 is 49.1 Å². The Morgan fingerprint density at radius 3 is 2.00 bits per heavy atom. The van der Waals surface area contributed by atoms with E-state index < -0.39 is 79.7 Å². The molecule has 1 heterocycles. The number of hydrogen-bond acceptors (Lipinski definition) is 5. The molecule has 0 radical (unpaired) electrons. The van der Waals surface area contributed by atoms with Crippen molar-refractivity contribution in [3.8, 4) is 6.07 Å². The van der Waals surface area contributed by atoms with Gasteiger partial charge in [0.2, 0.25) is 0 Å². The molecule has 18 heteroatoms. The molecule has 0 aliphatic heterocycles. The lowest BCUT2D eigenvalue weighted by Crippen LogP contribution is -2.50. The molecule has 1 N–H and O–H groups in total. The Hall–Kier alpha value is -3.72. The number of carbonyl (C=O) groups excluding carboxylic acids is 2. The van der Waals surface area contributed by atoms with E-state index in [0.29, 0.717) is 0 Å². The highest BCUT2D eigenvalue weighted by Gasteiger charge is 2.73. The predicted molar refractivity (Wildman–Crippen MR) is 135 cm³/mol. The molecule has 0 aliphatic rings. The molecule has 0 bridgehead atoms. The van der Waals surface area contributed by atoms with Crippen LogP contribution < -0.4 is 10.2 Å². The topological polar surface area (TPSA) is 99.0 Å². The second kappa shape index (κ2) is 12.3. The molecule has 0 saturated heterocycles. The van der Waals surface area contributed by atoms with Crippen LogP contribution >= 0.6 is 31.9 Å². The smallest absolute Gasteiger partial charge is 0.320 e. The van der Waals surface area contributed by atoms with Gasteiger partial charge in [-0.15, -0.1) is 0 Å². The van der Waals surface area contributed by atoms with E-state index in [9.17, 15) is 44.7 Å². The number of aromatic nitrogens is 2. The highest BCUT2D eigenvalue weighted by atomic mass is 79.9. The van der Waals surface area contributed by atoms with Crippen molar-refractivity contribution in [1.82, 2.24) is 9.97 Å². The van der Waals surface area contributed by atoms with Crippen molar-refractivity contribution in [3.05, 3.63) is 80.3 Å². The first-order valence-electron chi connectivity index (χ1n) is 11.0. The van der Waals surface area contributed by atoms with Gasteiger partial charge in [-0.2, -0.15) is 36.0 Å². The van der Waals surface area contributed by atoms with Crippen LogP contribution in [0.2, 0.25) is 0 Å². The Kier molecular flexibility index (Phi) is 9.57. The Morgan fingerprint density at radius 1 is 0.952 bits per heavy atom. The number of nitriles is 1. The van der Waals surface area contributed by atoms with Crippen LogP contribution in [0.1, 0.15) is 32.7 Å². The summed E-state index contributed by atoms with van der Waals surface area (Å²) in [6.45, 7) is -0.392. The molecule has 3 aromatic rings. The molecule has 2 aromatic carbocycles. The molecule has 7 nitrogen and oxygen atoms in total. The SMILES string of the molecule is N#CCCN(C(=O)c1cnc(F)nc1)c1cccc(C(=O)Nc2c(Br)cc(C(F)(C(F)(F)F)C(F)(F)F)cc2Br)c1F. The largest absolute Gasteiger partial charge is 0.435 e. The summed E-state index contributed by atoms with van der Waals surface area (Å²) in [6.07, 6.45) is -12.6. The summed E-state index contributed by atoms with van der Waals surface area (Å²) in [5.41, 5.74) is -9.66. The Balaban J connectivity index is 2.01. The van der Waals surface area contributed by atoms with Crippen molar-refractivity contribution in [2.75, 3.05) is 16.8 Å². The van der Waals surface area contributed by atoms with Crippen LogP contribution in [0.25, 0.3) is 0 Å². The molecule has 3 rings (SSSR count). The lowest BCUT2D eigenvalue weighted by molar-refractivity contribution is -0.348. The van der Waals surface area contributed by atoms with Gasteiger partial charge >= 0.3 is 24.1 Å². The normalized spacial score (nSPS) is 12.0. The number of carbonyl (C=O) groups is 2. The van der Waals surface area contributed by atoms with E-state index >= 15 is 4.39 Å². The minimum absolute atomic E-state index is 0.154. The minimum atomic E-state index is -6.40. The molecular weight excluding hydrogens is 721 g/mol.